The van der Waals surface area contributed by atoms with Gasteiger partial charge in [-0.15, -0.1) is 0 Å². The molecule has 1 amide bonds. The molecule has 0 heterocycles. The summed E-state index contributed by atoms with van der Waals surface area (Å²) < 4.78 is 5.51. The molecule has 0 aliphatic heterocycles. The van der Waals surface area contributed by atoms with Crippen LogP contribution in [0.1, 0.15) is 476 Å². The molecule has 6 nitrogen and oxygen atoms in total. The molecule has 554 valence electrons. The number of rotatable bonds is 81. The number of hydrogen-bond donors (Lipinski definition) is 3. The van der Waals surface area contributed by atoms with Gasteiger partial charge in [-0.05, 0) is 89.9 Å². The molecule has 3 N–H and O–H groups in total. The van der Waals surface area contributed by atoms with Gasteiger partial charge in [0.1, 0.15) is 0 Å². The number of aliphatic hydroxyl groups is 2. The number of ether oxygens (including phenoxy) is 1. The molecule has 94 heavy (non-hydrogen) atoms. The fraction of sp³-hybridized carbons (Fsp3) is 0.886. The third-order valence-corrected chi connectivity index (χ3v) is 20.1. The summed E-state index contributed by atoms with van der Waals surface area (Å²) in [5, 5.41) is 23.3. The Kier molecular flexibility index (Phi) is 81.3. The van der Waals surface area contributed by atoms with E-state index < -0.39 is 12.1 Å². The Morgan fingerprint density at radius 3 is 0.840 bits per heavy atom. The van der Waals surface area contributed by atoms with Gasteiger partial charge in [0.15, 0.2) is 0 Å². The number of unbranched alkanes of at least 4 members (excludes halogenated alkanes) is 64. The fourth-order valence-corrected chi connectivity index (χ4v) is 13.5. The van der Waals surface area contributed by atoms with Crippen LogP contribution in [0, 0.1) is 0 Å². The minimum atomic E-state index is -0.844. The topological polar surface area (TPSA) is 95.9 Å². The monoisotopic (exact) mass is 1320 g/mol. The van der Waals surface area contributed by atoms with Crippen molar-refractivity contribution in [2.45, 2.75) is 488 Å². The van der Waals surface area contributed by atoms with Gasteiger partial charge in [-0.2, -0.15) is 0 Å². The molecule has 6 heteroatoms. The van der Waals surface area contributed by atoms with Gasteiger partial charge in [0, 0.05) is 12.8 Å². The van der Waals surface area contributed by atoms with Crippen molar-refractivity contribution in [3.05, 3.63) is 48.6 Å². The summed E-state index contributed by atoms with van der Waals surface area (Å²) in [5.41, 5.74) is 0. The van der Waals surface area contributed by atoms with Crippen LogP contribution >= 0.6 is 0 Å². The molecule has 0 radical (unpaired) electrons. The van der Waals surface area contributed by atoms with Crippen molar-refractivity contribution >= 4 is 11.9 Å². The summed E-state index contributed by atoms with van der Waals surface area (Å²) in [6.07, 6.45) is 111. The van der Waals surface area contributed by atoms with Crippen molar-refractivity contribution in [1.29, 1.82) is 0 Å². The van der Waals surface area contributed by atoms with Crippen molar-refractivity contribution in [2.75, 3.05) is 13.2 Å². The minimum Gasteiger partial charge on any atom is -0.466 e. The lowest BCUT2D eigenvalue weighted by Gasteiger charge is -2.20. The van der Waals surface area contributed by atoms with Gasteiger partial charge in [-0.25, -0.2) is 0 Å². The first kappa shape index (κ1) is 91.8. The van der Waals surface area contributed by atoms with Crippen LogP contribution in [-0.2, 0) is 14.3 Å². The second kappa shape index (κ2) is 83.2. The average molecular weight is 1320 g/mol. The number of hydrogen-bond acceptors (Lipinski definition) is 5. The number of amides is 1. The zero-order valence-corrected chi connectivity index (χ0v) is 63.7. The Hall–Kier alpha value is -2.18. The van der Waals surface area contributed by atoms with Crippen molar-refractivity contribution in [2.24, 2.45) is 0 Å². The fourth-order valence-electron chi connectivity index (χ4n) is 13.5. The molecule has 0 aliphatic rings. The number of aliphatic hydroxyl groups excluding tert-OH is 2. The van der Waals surface area contributed by atoms with E-state index in [4.69, 9.17) is 4.74 Å². The number of esters is 1. The lowest BCUT2D eigenvalue weighted by atomic mass is 10.0. The molecular formula is C88H167NO5. The Labute approximate surface area is 588 Å². The van der Waals surface area contributed by atoms with Crippen LogP contribution in [0.3, 0.4) is 0 Å². The third kappa shape index (κ3) is 78.8. The third-order valence-electron chi connectivity index (χ3n) is 20.1. The average Bonchev–Trinajstić information content (AvgIpc) is 3.67. The van der Waals surface area contributed by atoms with Crippen molar-refractivity contribution in [1.82, 2.24) is 5.32 Å². The van der Waals surface area contributed by atoms with E-state index >= 15 is 0 Å². The molecule has 0 aliphatic carbocycles. The number of nitrogens with one attached hydrogen (secondary N) is 1. The van der Waals surface area contributed by atoms with Crippen LogP contribution in [-0.4, -0.2) is 47.4 Å². The zero-order chi connectivity index (χ0) is 67.7. The van der Waals surface area contributed by atoms with E-state index in [-0.39, 0.29) is 18.5 Å². The quantitative estimate of drug-likeness (QED) is 0.0320. The maximum atomic E-state index is 12.6. The number of carbonyl (C=O) groups is 2. The number of carbonyl (C=O) groups excluding carboxylic acids is 2. The first-order valence-electron chi connectivity index (χ1n) is 42.9. The smallest absolute Gasteiger partial charge is 0.305 e. The molecule has 0 fully saturated rings. The molecule has 0 aromatic rings. The first-order chi connectivity index (χ1) is 46.5. The first-order valence-corrected chi connectivity index (χ1v) is 42.9. The van der Waals surface area contributed by atoms with Crippen LogP contribution in [0.5, 0.6) is 0 Å². The van der Waals surface area contributed by atoms with E-state index in [0.717, 1.165) is 51.4 Å². The Morgan fingerprint density at radius 2 is 0.532 bits per heavy atom. The maximum absolute atomic E-state index is 12.6. The SMILES string of the molecule is CCCCC/C=C\C/C=C\CCCCCCCCCC(=O)OCCCCCCCCCCCCCCCC/C=C\CCCCCCCCCCCCCCCCCCCC(=O)NC(CO)C(O)/C=C/CCCCCCCCCCCCCCCCCCCCCCCCC. The molecule has 0 saturated carbocycles. The second-order valence-electron chi connectivity index (χ2n) is 29.5. The lowest BCUT2D eigenvalue weighted by molar-refractivity contribution is -0.143. The summed E-state index contributed by atoms with van der Waals surface area (Å²) in [7, 11) is 0. The van der Waals surface area contributed by atoms with E-state index in [1.807, 2.05) is 6.08 Å². The Bertz CT molecular complexity index is 1570. The summed E-state index contributed by atoms with van der Waals surface area (Å²) >= 11 is 0. The van der Waals surface area contributed by atoms with Crippen molar-refractivity contribution < 1.29 is 24.5 Å². The van der Waals surface area contributed by atoms with Crippen LogP contribution < -0.4 is 5.32 Å². The predicted octanol–water partition coefficient (Wildman–Crippen LogP) is 28.7. The van der Waals surface area contributed by atoms with E-state index in [9.17, 15) is 19.8 Å². The van der Waals surface area contributed by atoms with Crippen molar-refractivity contribution in [3.63, 3.8) is 0 Å². The van der Waals surface area contributed by atoms with Gasteiger partial charge in [-0.1, -0.05) is 422 Å². The molecular weight excluding hydrogens is 1150 g/mol. The van der Waals surface area contributed by atoms with Crippen LogP contribution in [0.15, 0.2) is 48.6 Å². The minimum absolute atomic E-state index is 0.0129. The highest BCUT2D eigenvalue weighted by Gasteiger charge is 2.18. The van der Waals surface area contributed by atoms with Gasteiger partial charge >= 0.3 is 5.97 Å². The Morgan fingerprint density at radius 1 is 0.298 bits per heavy atom. The van der Waals surface area contributed by atoms with Gasteiger partial charge < -0.3 is 20.3 Å². The molecule has 0 bridgehead atoms. The van der Waals surface area contributed by atoms with Gasteiger partial charge in [0.2, 0.25) is 5.91 Å². The predicted molar refractivity (Wildman–Crippen MR) is 416 cm³/mol. The largest absolute Gasteiger partial charge is 0.466 e. The molecule has 0 aromatic carbocycles. The summed E-state index contributed by atoms with van der Waals surface area (Å²) in [6, 6.07) is -0.627. The van der Waals surface area contributed by atoms with Crippen LogP contribution in [0.2, 0.25) is 0 Å². The second-order valence-corrected chi connectivity index (χ2v) is 29.5. The van der Waals surface area contributed by atoms with Crippen LogP contribution in [0.4, 0.5) is 0 Å². The lowest BCUT2D eigenvalue weighted by Crippen LogP contribution is -2.45. The molecule has 2 unspecified atom stereocenters. The van der Waals surface area contributed by atoms with Crippen LogP contribution in [0.25, 0.3) is 0 Å². The zero-order valence-electron chi connectivity index (χ0n) is 63.7. The summed E-state index contributed by atoms with van der Waals surface area (Å²) in [6.45, 7) is 4.93. The standard InChI is InChI=1S/C88H167NO5/c1-3-5-7-9-11-13-15-17-19-21-22-23-24-36-39-42-45-49-52-56-60-64-68-72-76-80-86(91)85(84-90)89-87(92)81-77-73-69-65-61-57-53-50-46-43-40-37-34-32-30-28-26-25-27-29-31-33-35-38-41-44-47-51-55-59-63-67-71-75-79-83-94-88(93)82-78-74-70-66-62-58-54-48-20-18-16-14-12-10-8-6-4-2/h12,14,18,20,27,29,76,80,85-86,90-91H,3-11,13,15-17,19,21-26,28,30-75,77-79,81-84H2,1-2H3,(H,89,92)/b14-12-,20-18-,29-27-,80-76+. The maximum Gasteiger partial charge on any atom is 0.305 e. The highest BCUT2D eigenvalue weighted by Crippen LogP contribution is 2.20. The summed E-state index contributed by atoms with van der Waals surface area (Å²) in [4.78, 5) is 24.7. The highest BCUT2D eigenvalue weighted by atomic mass is 16.5. The molecule has 0 spiro atoms. The van der Waals surface area contributed by atoms with E-state index in [1.165, 1.54) is 398 Å². The molecule has 2 atom stereocenters. The molecule has 0 saturated heterocycles. The normalized spacial score (nSPS) is 12.7. The van der Waals surface area contributed by atoms with E-state index in [2.05, 4.69) is 55.6 Å². The van der Waals surface area contributed by atoms with Gasteiger partial charge in [0.05, 0.1) is 25.4 Å². The van der Waals surface area contributed by atoms with Gasteiger partial charge in [-0.3, -0.25) is 9.59 Å². The van der Waals surface area contributed by atoms with E-state index in [1.54, 1.807) is 6.08 Å². The van der Waals surface area contributed by atoms with Crippen molar-refractivity contribution in [3.8, 4) is 0 Å². The van der Waals surface area contributed by atoms with Gasteiger partial charge in [0.25, 0.3) is 0 Å². The summed E-state index contributed by atoms with van der Waals surface area (Å²) in [5.74, 6) is -0.0463. The molecule has 0 rings (SSSR count). The number of allylic oxidation sites excluding steroid dienone is 7. The molecule has 0 aromatic heterocycles. The Balaban J connectivity index is 3.37. The van der Waals surface area contributed by atoms with E-state index in [0.29, 0.717) is 19.4 Å². The highest BCUT2D eigenvalue weighted by molar-refractivity contribution is 5.76.